The maximum Gasteiger partial charge on any atom is 0.253 e. The van der Waals surface area contributed by atoms with Crippen LogP contribution in [0, 0.1) is 0 Å². The van der Waals surface area contributed by atoms with Crippen molar-refractivity contribution in [3.05, 3.63) is 63.6 Å². The van der Waals surface area contributed by atoms with Crippen LogP contribution in [0.25, 0.3) is 0 Å². The predicted molar refractivity (Wildman–Crippen MR) is 101 cm³/mol. The maximum absolute atomic E-state index is 12.1. The van der Waals surface area contributed by atoms with Crippen molar-refractivity contribution in [1.82, 2.24) is 5.43 Å². The van der Waals surface area contributed by atoms with E-state index in [2.05, 4.69) is 26.5 Å². The minimum Gasteiger partial charge on any atom is -0.272 e. The first-order valence-corrected chi connectivity index (χ1v) is 9.03. The van der Waals surface area contributed by atoms with Crippen LogP contribution >= 0.6 is 39.3 Å². The van der Waals surface area contributed by atoms with Crippen LogP contribution in [-0.2, 0) is 4.79 Å². The minimum atomic E-state index is -0.254. The smallest absolute Gasteiger partial charge is 0.253 e. The molecule has 0 saturated carbocycles. The number of carbonyl (C=O) groups is 1. The highest BCUT2D eigenvalue weighted by molar-refractivity contribution is 9.10. The van der Waals surface area contributed by atoms with Gasteiger partial charge in [0.15, 0.2) is 0 Å². The molecular formula is C17H16BrClN2OS. The van der Waals surface area contributed by atoms with Gasteiger partial charge >= 0.3 is 0 Å². The quantitative estimate of drug-likeness (QED) is 0.421. The van der Waals surface area contributed by atoms with Gasteiger partial charge in [-0.05, 0) is 55.8 Å². The Balaban J connectivity index is 1.95. The SMILES string of the molecule is C/C(=N/NC(=O)[C@@H](C)Sc1ccc(Cl)cc1)c1cccc(Br)c1. The lowest BCUT2D eigenvalue weighted by atomic mass is 10.1. The monoisotopic (exact) mass is 410 g/mol. The van der Waals surface area contributed by atoms with Crippen LogP contribution in [0.4, 0.5) is 0 Å². The average molecular weight is 412 g/mol. The molecule has 0 aliphatic carbocycles. The van der Waals surface area contributed by atoms with Crippen molar-refractivity contribution in [3.63, 3.8) is 0 Å². The largest absolute Gasteiger partial charge is 0.272 e. The number of halogens is 2. The zero-order chi connectivity index (χ0) is 16.8. The molecule has 1 amide bonds. The Bertz CT molecular complexity index is 719. The van der Waals surface area contributed by atoms with Crippen molar-refractivity contribution in [2.24, 2.45) is 5.10 Å². The van der Waals surface area contributed by atoms with E-state index in [0.717, 1.165) is 20.6 Å². The van der Waals surface area contributed by atoms with E-state index >= 15 is 0 Å². The van der Waals surface area contributed by atoms with E-state index in [4.69, 9.17) is 11.6 Å². The van der Waals surface area contributed by atoms with Gasteiger partial charge in [0.1, 0.15) is 0 Å². The summed E-state index contributed by atoms with van der Waals surface area (Å²) in [7, 11) is 0. The first kappa shape index (κ1) is 18.0. The van der Waals surface area contributed by atoms with E-state index in [0.29, 0.717) is 5.02 Å². The molecule has 0 unspecified atom stereocenters. The maximum atomic E-state index is 12.1. The van der Waals surface area contributed by atoms with Gasteiger partial charge in [0.25, 0.3) is 5.91 Å². The molecule has 3 nitrogen and oxygen atoms in total. The molecule has 6 heteroatoms. The summed E-state index contributed by atoms with van der Waals surface area (Å²) in [6, 6.07) is 15.2. The lowest BCUT2D eigenvalue weighted by Gasteiger charge is -2.10. The number of benzene rings is 2. The second kappa shape index (κ2) is 8.52. The third-order valence-electron chi connectivity index (χ3n) is 3.07. The topological polar surface area (TPSA) is 41.5 Å². The second-order valence-electron chi connectivity index (χ2n) is 4.90. The Hall–Kier alpha value is -1.30. The first-order valence-electron chi connectivity index (χ1n) is 6.98. The highest BCUT2D eigenvalue weighted by Gasteiger charge is 2.14. The highest BCUT2D eigenvalue weighted by atomic mass is 79.9. The summed E-state index contributed by atoms with van der Waals surface area (Å²) in [6.45, 7) is 3.71. The molecule has 1 atom stereocenters. The van der Waals surface area contributed by atoms with E-state index in [1.165, 1.54) is 11.8 Å². The van der Waals surface area contributed by atoms with Gasteiger partial charge in [-0.1, -0.05) is 39.7 Å². The average Bonchev–Trinajstić information content (AvgIpc) is 2.54. The van der Waals surface area contributed by atoms with Gasteiger partial charge in [-0.15, -0.1) is 11.8 Å². The lowest BCUT2D eigenvalue weighted by Crippen LogP contribution is -2.27. The molecule has 120 valence electrons. The Kier molecular flexibility index (Phi) is 6.69. The first-order chi connectivity index (χ1) is 11.0. The van der Waals surface area contributed by atoms with Crippen molar-refractivity contribution < 1.29 is 4.79 Å². The van der Waals surface area contributed by atoms with Crippen LogP contribution in [0.15, 0.2) is 63.0 Å². The normalized spacial score (nSPS) is 12.8. The van der Waals surface area contributed by atoms with Crippen molar-refractivity contribution >= 4 is 50.9 Å². The Labute approximate surface area is 153 Å². The zero-order valence-electron chi connectivity index (χ0n) is 12.7. The van der Waals surface area contributed by atoms with Crippen LogP contribution in [0.1, 0.15) is 19.4 Å². The van der Waals surface area contributed by atoms with Gasteiger partial charge in [0.2, 0.25) is 0 Å². The van der Waals surface area contributed by atoms with Gasteiger partial charge in [-0.2, -0.15) is 5.10 Å². The Morgan fingerprint density at radius 1 is 1.26 bits per heavy atom. The molecule has 1 N–H and O–H groups in total. The van der Waals surface area contributed by atoms with Gasteiger partial charge < -0.3 is 0 Å². The zero-order valence-corrected chi connectivity index (χ0v) is 15.9. The summed E-state index contributed by atoms with van der Waals surface area (Å²) in [6.07, 6.45) is 0. The number of nitrogens with one attached hydrogen (secondary N) is 1. The van der Waals surface area contributed by atoms with Crippen LogP contribution in [0.2, 0.25) is 5.02 Å². The summed E-state index contributed by atoms with van der Waals surface area (Å²) < 4.78 is 0.975. The van der Waals surface area contributed by atoms with Gasteiger partial charge in [-0.3, -0.25) is 4.79 Å². The molecule has 0 aliphatic heterocycles. The molecule has 0 aromatic heterocycles. The van der Waals surface area contributed by atoms with E-state index in [9.17, 15) is 4.79 Å². The number of hydrogen-bond acceptors (Lipinski definition) is 3. The van der Waals surface area contributed by atoms with Crippen molar-refractivity contribution in [2.45, 2.75) is 24.0 Å². The van der Waals surface area contributed by atoms with Crippen molar-refractivity contribution in [3.8, 4) is 0 Å². The Morgan fingerprint density at radius 3 is 2.61 bits per heavy atom. The standard InChI is InChI=1S/C17H16BrClN2OS/c1-11(13-4-3-5-14(18)10-13)20-21-17(22)12(2)23-16-8-6-15(19)7-9-16/h3-10,12H,1-2H3,(H,21,22)/b20-11-/t12-/m1/s1. The number of hydrazone groups is 1. The molecule has 0 aliphatic rings. The summed E-state index contributed by atoms with van der Waals surface area (Å²) >= 11 is 10.7. The molecule has 23 heavy (non-hydrogen) atoms. The fourth-order valence-corrected chi connectivity index (χ4v) is 3.17. The fraction of sp³-hybridized carbons (Fsp3) is 0.176. The molecule has 0 bridgehead atoms. The molecule has 0 fully saturated rings. The van der Waals surface area contributed by atoms with Gasteiger partial charge in [-0.25, -0.2) is 5.43 Å². The van der Waals surface area contributed by atoms with Gasteiger partial charge in [0, 0.05) is 14.4 Å². The van der Waals surface area contributed by atoms with E-state index in [1.807, 2.05) is 62.4 Å². The molecule has 2 aromatic carbocycles. The molecular weight excluding hydrogens is 396 g/mol. The van der Waals surface area contributed by atoms with Crippen LogP contribution in [0.3, 0.4) is 0 Å². The summed E-state index contributed by atoms with van der Waals surface area (Å²) in [4.78, 5) is 13.1. The van der Waals surface area contributed by atoms with Crippen molar-refractivity contribution in [1.29, 1.82) is 0 Å². The number of rotatable bonds is 5. The molecule has 0 spiro atoms. The van der Waals surface area contributed by atoms with Crippen molar-refractivity contribution in [2.75, 3.05) is 0 Å². The van der Waals surface area contributed by atoms with E-state index in [1.54, 1.807) is 0 Å². The molecule has 2 aromatic rings. The number of nitrogens with zero attached hydrogens (tertiary/aromatic N) is 1. The van der Waals surface area contributed by atoms with E-state index < -0.39 is 0 Å². The molecule has 0 saturated heterocycles. The fourth-order valence-electron chi connectivity index (χ4n) is 1.78. The molecule has 2 rings (SSSR count). The summed E-state index contributed by atoms with van der Waals surface area (Å²) in [5.74, 6) is -0.140. The summed E-state index contributed by atoms with van der Waals surface area (Å²) in [5.41, 5.74) is 4.33. The third-order valence-corrected chi connectivity index (χ3v) is 4.93. The van der Waals surface area contributed by atoms with Gasteiger partial charge in [0.05, 0.1) is 11.0 Å². The molecule has 0 heterocycles. The number of carbonyl (C=O) groups excluding carboxylic acids is 1. The lowest BCUT2D eigenvalue weighted by molar-refractivity contribution is -0.120. The third kappa shape index (κ3) is 5.68. The van der Waals surface area contributed by atoms with Crippen LogP contribution in [0.5, 0.6) is 0 Å². The summed E-state index contributed by atoms with van der Waals surface area (Å²) in [5, 5.41) is 4.60. The van der Waals surface area contributed by atoms with E-state index in [-0.39, 0.29) is 11.2 Å². The Morgan fingerprint density at radius 2 is 1.96 bits per heavy atom. The molecule has 0 radical (unpaired) electrons. The minimum absolute atomic E-state index is 0.140. The number of amides is 1. The highest BCUT2D eigenvalue weighted by Crippen LogP contribution is 2.24. The predicted octanol–water partition coefficient (Wildman–Crippen LogP) is 5.12. The number of hydrogen-bond donors (Lipinski definition) is 1. The van der Waals surface area contributed by atoms with Crippen LogP contribution < -0.4 is 5.43 Å². The number of thioether (sulfide) groups is 1. The van der Waals surface area contributed by atoms with Crippen LogP contribution in [-0.4, -0.2) is 16.9 Å². The second-order valence-corrected chi connectivity index (χ2v) is 7.66.